The molecule has 0 saturated carbocycles. The summed E-state index contributed by atoms with van der Waals surface area (Å²) in [4.78, 5) is 35.6. The van der Waals surface area contributed by atoms with Crippen molar-refractivity contribution >= 4 is 28.7 Å². The average Bonchev–Trinajstić information content (AvgIpc) is 3.46. The van der Waals surface area contributed by atoms with E-state index in [1.807, 2.05) is 6.07 Å². The minimum absolute atomic E-state index is 0.133. The maximum absolute atomic E-state index is 12.8. The lowest BCUT2D eigenvalue weighted by molar-refractivity contribution is -0.121. The minimum atomic E-state index is -0.941. The van der Waals surface area contributed by atoms with E-state index >= 15 is 0 Å². The van der Waals surface area contributed by atoms with Gasteiger partial charge in [-0.1, -0.05) is 6.07 Å². The molecule has 1 aromatic carbocycles. The Morgan fingerprint density at radius 1 is 1.18 bits per heavy atom. The summed E-state index contributed by atoms with van der Waals surface area (Å²) in [5, 5.41) is 19.0. The second-order valence-corrected chi connectivity index (χ2v) is 8.52. The molecule has 2 aromatic heterocycles. The summed E-state index contributed by atoms with van der Waals surface area (Å²) < 4.78 is 5.42. The summed E-state index contributed by atoms with van der Waals surface area (Å²) in [6.07, 6.45) is 1.63. The first kappa shape index (κ1) is 21.4. The van der Waals surface area contributed by atoms with Gasteiger partial charge >= 0.3 is 6.09 Å². The van der Waals surface area contributed by atoms with E-state index in [1.54, 1.807) is 6.20 Å². The number of nitrogens with one attached hydrogen (secondary N) is 3. The zero-order valence-electron chi connectivity index (χ0n) is 18.2. The molecule has 5 rings (SSSR count). The van der Waals surface area contributed by atoms with Crippen molar-refractivity contribution in [2.45, 2.75) is 19.4 Å². The van der Waals surface area contributed by atoms with Crippen LogP contribution in [0, 0.1) is 5.92 Å². The highest BCUT2D eigenvalue weighted by atomic mass is 16.5. The molecule has 4 heterocycles. The van der Waals surface area contributed by atoms with Crippen LogP contribution in [0.4, 0.5) is 10.5 Å². The number of aromatic amines is 2. The third-order valence-corrected chi connectivity index (χ3v) is 6.33. The molecule has 0 unspecified atom stereocenters. The Morgan fingerprint density at radius 3 is 2.73 bits per heavy atom. The van der Waals surface area contributed by atoms with Gasteiger partial charge in [0.05, 0.1) is 36.1 Å². The predicted molar refractivity (Wildman–Crippen MR) is 121 cm³/mol. The van der Waals surface area contributed by atoms with Gasteiger partial charge in [0, 0.05) is 38.6 Å². The molecule has 0 spiro atoms. The summed E-state index contributed by atoms with van der Waals surface area (Å²) in [5.74, 6) is 0.232. The largest absolute Gasteiger partial charge is 0.465 e. The van der Waals surface area contributed by atoms with Crippen LogP contribution in [0.1, 0.15) is 18.4 Å². The number of ether oxygens (including phenoxy) is 1. The van der Waals surface area contributed by atoms with Crippen molar-refractivity contribution in [3.05, 3.63) is 30.0 Å². The van der Waals surface area contributed by atoms with E-state index in [9.17, 15) is 9.59 Å². The number of imidazole rings is 1. The van der Waals surface area contributed by atoms with Gasteiger partial charge < -0.3 is 25.0 Å². The Balaban J connectivity index is 1.28. The van der Waals surface area contributed by atoms with Crippen molar-refractivity contribution < 1.29 is 19.4 Å². The number of carbonyl (C=O) groups is 2. The van der Waals surface area contributed by atoms with Gasteiger partial charge in [-0.15, -0.1) is 0 Å². The maximum atomic E-state index is 12.8. The topological polar surface area (TPSA) is 139 Å². The van der Waals surface area contributed by atoms with Crippen molar-refractivity contribution in [3.63, 3.8) is 0 Å². The van der Waals surface area contributed by atoms with Crippen molar-refractivity contribution in [2.24, 2.45) is 5.92 Å². The number of likely N-dealkylation sites (tertiary alicyclic amines) is 1. The zero-order valence-corrected chi connectivity index (χ0v) is 18.2. The Labute approximate surface area is 190 Å². The van der Waals surface area contributed by atoms with Crippen LogP contribution in [0.25, 0.3) is 22.6 Å². The van der Waals surface area contributed by atoms with E-state index in [2.05, 4.69) is 42.5 Å². The number of piperidine rings is 1. The molecule has 2 saturated heterocycles. The molecule has 0 radical (unpaired) electrons. The molecule has 2 aliphatic rings. The van der Waals surface area contributed by atoms with Crippen LogP contribution in [-0.2, 0) is 16.1 Å². The van der Waals surface area contributed by atoms with E-state index in [-0.39, 0.29) is 11.8 Å². The Hall–Kier alpha value is -3.44. The molecule has 11 nitrogen and oxygen atoms in total. The van der Waals surface area contributed by atoms with Crippen molar-refractivity contribution in [3.8, 4) is 11.5 Å². The zero-order chi connectivity index (χ0) is 22.8. The normalized spacial score (nSPS) is 18.0. The van der Waals surface area contributed by atoms with Crippen molar-refractivity contribution in [2.75, 3.05) is 44.7 Å². The number of anilines is 1. The average molecular weight is 454 g/mol. The molecule has 33 heavy (non-hydrogen) atoms. The van der Waals surface area contributed by atoms with Crippen molar-refractivity contribution in [1.29, 1.82) is 0 Å². The highest BCUT2D eigenvalue weighted by Gasteiger charge is 2.28. The van der Waals surface area contributed by atoms with Gasteiger partial charge in [0.25, 0.3) is 0 Å². The van der Waals surface area contributed by atoms with Gasteiger partial charge in [-0.2, -0.15) is 5.10 Å². The monoisotopic (exact) mass is 453 g/mol. The number of hydrogen-bond donors (Lipinski definition) is 4. The Bertz CT molecular complexity index is 1140. The molecule has 11 heteroatoms. The highest BCUT2D eigenvalue weighted by molar-refractivity contribution is 5.96. The molecule has 2 amide bonds. The second kappa shape index (κ2) is 9.20. The Morgan fingerprint density at radius 2 is 1.97 bits per heavy atom. The van der Waals surface area contributed by atoms with Crippen LogP contribution in [0.15, 0.2) is 24.4 Å². The lowest BCUT2D eigenvalue weighted by Crippen LogP contribution is -2.40. The number of rotatable bonds is 5. The third-order valence-electron chi connectivity index (χ3n) is 6.33. The minimum Gasteiger partial charge on any atom is -0.465 e. The van der Waals surface area contributed by atoms with Gasteiger partial charge in [-0.3, -0.25) is 14.8 Å². The SMILES string of the molecule is O=C(Nc1cn[nH]c1-c1nc2ccc(CN3CCOCC3)cc2[nH]1)C1CCN(C(=O)O)CC1. The Kier molecular flexibility index (Phi) is 5.97. The van der Waals surface area contributed by atoms with Crippen LogP contribution in [0.2, 0.25) is 0 Å². The highest BCUT2D eigenvalue weighted by Crippen LogP contribution is 2.27. The number of hydrogen-bond acceptors (Lipinski definition) is 6. The van der Waals surface area contributed by atoms with Gasteiger partial charge in [0.15, 0.2) is 5.82 Å². The van der Waals surface area contributed by atoms with E-state index in [1.165, 1.54) is 10.5 Å². The molecular weight excluding hydrogens is 426 g/mol. The molecule has 3 aromatic rings. The third kappa shape index (κ3) is 4.69. The number of aromatic nitrogens is 4. The standard InChI is InChI=1S/C22H27N7O4/c30-21(15-3-5-29(6-4-15)22(31)32)26-18-12-23-27-19(18)20-24-16-2-1-14(11-17(16)25-20)13-28-7-9-33-10-8-28/h1-2,11-12,15H,3-10,13H2,(H,23,27)(H,24,25)(H,26,30)(H,31,32). The first-order valence-corrected chi connectivity index (χ1v) is 11.2. The fraction of sp³-hybridized carbons (Fsp3) is 0.455. The lowest BCUT2D eigenvalue weighted by atomic mass is 9.96. The molecule has 0 atom stereocenters. The molecule has 0 bridgehead atoms. The van der Waals surface area contributed by atoms with Crippen LogP contribution in [0.3, 0.4) is 0 Å². The van der Waals surface area contributed by atoms with E-state index in [4.69, 9.17) is 9.84 Å². The first-order valence-electron chi connectivity index (χ1n) is 11.2. The summed E-state index contributed by atoms with van der Waals surface area (Å²) in [5.41, 5.74) is 4.11. The molecule has 4 N–H and O–H groups in total. The summed E-state index contributed by atoms with van der Waals surface area (Å²) >= 11 is 0. The number of carbonyl (C=O) groups excluding carboxylic acids is 1. The van der Waals surface area contributed by atoms with Crippen LogP contribution in [-0.4, -0.2) is 86.5 Å². The number of amides is 2. The smallest absolute Gasteiger partial charge is 0.407 e. The lowest BCUT2D eigenvalue weighted by Gasteiger charge is -2.29. The van der Waals surface area contributed by atoms with Gasteiger partial charge in [0.2, 0.25) is 5.91 Å². The molecule has 2 aliphatic heterocycles. The van der Waals surface area contributed by atoms with E-state index in [0.29, 0.717) is 43.1 Å². The van der Waals surface area contributed by atoms with Crippen LogP contribution < -0.4 is 5.32 Å². The van der Waals surface area contributed by atoms with E-state index in [0.717, 1.165) is 43.9 Å². The summed E-state index contributed by atoms with van der Waals surface area (Å²) in [7, 11) is 0. The van der Waals surface area contributed by atoms with Gasteiger partial charge in [-0.25, -0.2) is 9.78 Å². The quantitative estimate of drug-likeness (QED) is 0.464. The second-order valence-electron chi connectivity index (χ2n) is 8.52. The number of carboxylic acid groups (broad SMARTS) is 1. The maximum Gasteiger partial charge on any atom is 0.407 e. The summed E-state index contributed by atoms with van der Waals surface area (Å²) in [6, 6.07) is 6.18. The summed E-state index contributed by atoms with van der Waals surface area (Å²) in [6.45, 7) is 4.98. The molecule has 174 valence electrons. The van der Waals surface area contributed by atoms with Crippen LogP contribution in [0.5, 0.6) is 0 Å². The number of morpholine rings is 1. The first-order chi connectivity index (χ1) is 16.1. The number of fused-ring (bicyclic) bond motifs is 1. The fourth-order valence-electron chi connectivity index (χ4n) is 4.42. The number of H-pyrrole nitrogens is 2. The fourth-order valence-corrected chi connectivity index (χ4v) is 4.42. The number of benzene rings is 1. The van der Waals surface area contributed by atoms with Crippen molar-refractivity contribution in [1.82, 2.24) is 30.0 Å². The molecular formula is C22H27N7O4. The van der Waals surface area contributed by atoms with E-state index < -0.39 is 6.09 Å². The van der Waals surface area contributed by atoms with Gasteiger partial charge in [0.1, 0.15) is 5.69 Å². The molecule has 0 aliphatic carbocycles. The predicted octanol–water partition coefficient (Wildman–Crippen LogP) is 2.11. The molecule has 2 fully saturated rings. The van der Waals surface area contributed by atoms with Gasteiger partial charge in [-0.05, 0) is 30.5 Å². The van der Waals surface area contributed by atoms with Crippen LogP contribution >= 0.6 is 0 Å². The number of nitrogens with zero attached hydrogens (tertiary/aromatic N) is 4.